The molecule has 1 aliphatic rings. The van der Waals surface area contributed by atoms with Gasteiger partial charge in [0.25, 0.3) is 5.78 Å². The summed E-state index contributed by atoms with van der Waals surface area (Å²) in [6.07, 6.45) is 1.56. The maximum absolute atomic E-state index is 13.1. The SMILES string of the molecule is Cc1cccc(COc2ccc(C(O)=C3C(=O)C(=O)N(c4nccs4)C3c3ccc(Cl)cc3)cc2)c1. The fourth-order valence-corrected chi connectivity index (χ4v) is 4.95. The summed E-state index contributed by atoms with van der Waals surface area (Å²) in [6.45, 7) is 2.43. The first kappa shape index (κ1) is 23.8. The first-order chi connectivity index (χ1) is 17.4. The molecule has 0 spiro atoms. The van der Waals surface area contributed by atoms with Crippen molar-refractivity contribution in [1.82, 2.24) is 4.98 Å². The quantitative estimate of drug-likeness (QED) is 0.184. The van der Waals surface area contributed by atoms with Gasteiger partial charge in [0.2, 0.25) is 0 Å². The van der Waals surface area contributed by atoms with Crippen molar-refractivity contribution in [2.24, 2.45) is 0 Å². The van der Waals surface area contributed by atoms with Gasteiger partial charge in [-0.2, -0.15) is 0 Å². The van der Waals surface area contributed by atoms with Crippen LogP contribution in [0.3, 0.4) is 0 Å². The van der Waals surface area contributed by atoms with Crippen LogP contribution in [0.5, 0.6) is 5.75 Å². The van der Waals surface area contributed by atoms with Crippen molar-refractivity contribution in [3.8, 4) is 5.75 Å². The molecule has 2 heterocycles. The molecule has 1 atom stereocenters. The Morgan fingerprint density at radius 1 is 1.08 bits per heavy atom. The van der Waals surface area contributed by atoms with Gasteiger partial charge < -0.3 is 9.84 Å². The highest BCUT2D eigenvalue weighted by Crippen LogP contribution is 2.43. The van der Waals surface area contributed by atoms with Gasteiger partial charge in [0.1, 0.15) is 18.1 Å². The molecule has 1 N–H and O–H groups in total. The number of Topliss-reactive ketones (excluding diaryl/α,β-unsaturated/α-hetero) is 1. The molecule has 1 aliphatic heterocycles. The Hall–Kier alpha value is -3.94. The van der Waals surface area contributed by atoms with Crippen molar-refractivity contribution < 1.29 is 19.4 Å². The Labute approximate surface area is 217 Å². The number of amides is 1. The Morgan fingerprint density at radius 2 is 1.83 bits per heavy atom. The van der Waals surface area contributed by atoms with Crippen LogP contribution in [-0.4, -0.2) is 21.8 Å². The molecule has 6 nitrogen and oxygen atoms in total. The van der Waals surface area contributed by atoms with Crippen LogP contribution in [0.15, 0.2) is 89.9 Å². The Kier molecular flexibility index (Phi) is 6.59. The topological polar surface area (TPSA) is 79.7 Å². The average Bonchev–Trinajstić information content (AvgIpc) is 3.50. The summed E-state index contributed by atoms with van der Waals surface area (Å²) >= 11 is 7.30. The van der Waals surface area contributed by atoms with Gasteiger partial charge in [-0.15, -0.1) is 11.3 Å². The Morgan fingerprint density at radius 3 is 2.50 bits per heavy atom. The second-order valence-corrected chi connectivity index (χ2v) is 9.65. The van der Waals surface area contributed by atoms with Crippen LogP contribution < -0.4 is 9.64 Å². The molecule has 3 aromatic carbocycles. The zero-order valence-corrected chi connectivity index (χ0v) is 20.8. The van der Waals surface area contributed by atoms with Gasteiger partial charge in [0.15, 0.2) is 5.13 Å². The molecule has 1 unspecified atom stereocenters. The van der Waals surface area contributed by atoms with E-state index in [2.05, 4.69) is 11.1 Å². The van der Waals surface area contributed by atoms with Gasteiger partial charge in [-0.25, -0.2) is 4.98 Å². The number of hydrogen-bond donors (Lipinski definition) is 1. The number of aryl methyl sites for hydroxylation is 1. The summed E-state index contributed by atoms with van der Waals surface area (Å²) in [6, 6.07) is 20.8. The fourth-order valence-electron chi connectivity index (χ4n) is 4.16. The minimum atomic E-state index is -0.842. The smallest absolute Gasteiger partial charge is 0.301 e. The zero-order chi connectivity index (χ0) is 25.2. The number of thiazole rings is 1. The molecule has 5 rings (SSSR count). The summed E-state index contributed by atoms with van der Waals surface area (Å²) in [5.74, 6) is -1.17. The second kappa shape index (κ2) is 9.97. The number of nitrogens with zero attached hydrogens (tertiary/aromatic N) is 2. The number of anilines is 1. The van der Waals surface area contributed by atoms with E-state index in [1.54, 1.807) is 60.1 Å². The zero-order valence-electron chi connectivity index (χ0n) is 19.2. The summed E-state index contributed by atoms with van der Waals surface area (Å²) in [5.41, 5.74) is 3.22. The van der Waals surface area contributed by atoms with E-state index < -0.39 is 17.7 Å². The summed E-state index contributed by atoms with van der Waals surface area (Å²) < 4.78 is 5.87. The third kappa shape index (κ3) is 4.63. The number of carbonyl (C=O) groups excluding carboxylic acids is 2. The second-order valence-electron chi connectivity index (χ2n) is 8.34. The number of ether oxygens (including phenoxy) is 1. The number of rotatable bonds is 6. The van der Waals surface area contributed by atoms with Crippen molar-refractivity contribution in [1.29, 1.82) is 0 Å². The molecule has 0 aliphatic carbocycles. The van der Waals surface area contributed by atoms with Crippen molar-refractivity contribution in [2.75, 3.05) is 4.90 Å². The predicted octanol–water partition coefficient (Wildman–Crippen LogP) is 6.31. The number of aliphatic hydroxyl groups is 1. The van der Waals surface area contributed by atoms with Gasteiger partial charge in [-0.05, 0) is 54.4 Å². The highest BCUT2D eigenvalue weighted by atomic mass is 35.5. The van der Waals surface area contributed by atoms with E-state index in [0.717, 1.165) is 11.1 Å². The fraction of sp³-hybridized carbons (Fsp3) is 0.107. The summed E-state index contributed by atoms with van der Waals surface area (Å²) in [4.78, 5) is 31.7. The Bertz CT molecular complexity index is 1450. The van der Waals surface area contributed by atoms with Crippen molar-refractivity contribution in [3.63, 3.8) is 0 Å². The van der Waals surface area contributed by atoms with Crippen LogP contribution in [0.4, 0.5) is 5.13 Å². The van der Waals surface area contributed by atoms with Crippen molar-refractivity contribution in [2.45, 2.75) is 19.6 Å². The molecular weight excluding hydrogens is 496 g/mol. The monoisotopic (exact) mass is 516 g/mol. The minimum absolute atomic E-state index is 0.00838. The average molecular weight is 517 g/mol. The van der Waals surface area contributed by atoms with E-state index >= 15 is 0 Å². The van der Waals surface area contributed by atoms with Crippen LogP contribution in [-0.2, 0) is 16.2 Å². The molecule has 180 valence electrons. The molecule has 0 saturated carbocycles. The van der Waals surface area contributed by atoms with Crippen molar-refractivity contribution in [3.05, 3.63) is 117 Å². The van der Waals surface area contributed by atoms with E-state index in [9.17, 15) is 14.7 Å². The molecule has 0 bridgehead atoms. The lowest BCUT2D eigenvalue weighted by atomic mass is 9.95. The Balaban J connectivity index is 1.48. The van der Waals surface area contributed by atoms with E-state index in [-0.39, 0.29) is 11.3 Å². The summed E-state index contributed by atoms with van der Waals surface area (Å²) in [5, 5.41) is 13.9. The molecule has 1 saturated heterocycles. The maximum Gasteiger partial charge on any atom is 0.301 e. The number of aliphatic hydroxyl groups excluding tert-OH is 1. The van der Waals surface area contributed by atoms with E-state index in [0.29, 0.717) is 33.6 Å². The summed E-state index contributed by atoms with van der Waals surface area (Å²) in [7, 11) is 0. The molecule has 1 aromatic heterocycles. The lowest BCUT2D eigenvalue weighted by Gasteiger charge is -2.23. The number of hydrogen-bond acceptors (Lipinski definition) is 6. The van der Waals surface area contributed by atoms with Crippen LogP contribution in [0.1, 0.15) is 28.3 Å². The first-order valence-electron chi connectivity index (χ1n) is 11.2. The standard InChI is InChI=1S/C28H21ClN2O4S/c1-17-3-2-4-18(15-17)16-35-22-11-7-20(8-12-22)25(32)23-24(19-5-9-21(29)10-6-19)31(27(34)26(23)33)28-30-13-14-36-28/h2-15,24,32H,16H2,1H3. The largest absolute Gasteiger partial charge is 0.507 e. The molecule has 1 amide bonds. The number of aromatic nitrogens is 1. The number of ketones is 1. The third-order valence-electron chi connectivity index (χ3n) is 5.87. The van der Waals surface area contributed by atoms with E-state index in [4.69, 9.17) is 16.3 Å². The number of benzene rings is 3. The number of halogens is 1. The van der Waals surface area contributed by atoms with Crippen molar-refractivity contribution >= 4 is 45.5 Å². The molecule has 1 fully saturated rings. The van der Waals surface area contributed by atoms with Gasteiger partial charge in [-0.1, -0.05) is 53.6 Å². The lowest BCUT2D eigenvalue weighted by molar-refractivity contribution is -0.132. The highest BCUT2D eigenvalue weighted by Gasteiger charge is 2.47. The molecule has 4 aromatic rings. The van der Waals surface area contributed by atoms with Crippen LogP contribution in [0.25, 0.3) is 5.76 Å². The molecular formula is C28H21ClN2O4S. The number of carbonyl (C=O) groups is 2. The van der Waals surface area contributed by atoms with Gasteiger partial charge in [0, 0.05) is 22.2 Å². The molecule has 36 heavy (non-hydrogen) atoms. The van der Waals surface area contributed by atoms with Crippen LogP contribution >= 0.6 is 22.9 Å². The molecule has 0 radical (unpaired) electrons. The van der Waals surface area contributed by atoms with E-state index in [1.165, 1.54) is 16.2 Å². The highest BCUT2D eigenvalue weighted by molar-refractivity contribution is 7.14. The normalized spacial score (nSPS) is 16.9. The van der Waals surface area contributed by atoms with Gasteiger partial charge in [0.05, 0.1) is 11.6 Å². The van der Waals surface area contributed by atoms with Gasteiger partial charge >= 0.3 is 5.91 Å². The predicted molar refractivity (Wildman–Crippen MR) is 140 cm³/mol. The van der Waals surface area contributed by atoms with Crippen LogP contribution in [0.2, 0.25) is 5.02 Å². The maximum atomic E-state index is 13.1. The minimum Gasteiger partial charge on any atom is -0.507 e. The van der Waals surface area contributed by atoms with E-state index in [1.807, 2.05) is 25.1 Å². The molecule has 8 heteroatoms. The van der Waals surface area contributed by atoms with Gasteiger partial charge in [-0.3, -0.25) is 14.5 Å². The third-order valence-corrected chi connectivity index (χ3v) is 6.89. The lowest BCUT2D eigenvalue weighted by Crippen LogP contribution is -2.29. The first-order valence-corrected chi connectivity index (χ1v) is 12.4. The van der Waals surface area contributed by atoms with Crippen LogP contribution in [0, 0.1) is 6.92 Å².